The van der Waals surface area contributed by atoms with Gasteiger partial charge < -0.3 is 20.1 Å². The Balaban J connectivity index is 1.46. The molecule has 1 heterocycles. The van der Waals surface area contributed by atoms with Crippen LogP contribution in [0.15, 0.2) is 30.4 Å². The predicted molar refractivity (Wildman–Crippen MR) is 110 cm³/mol. The minimum atomic E-state index is -0.816. The van der Waals surface area contributed by atoms with Gasteiger partial charge in [0.15, 0.2) is 0 Å². The van der Waals surface area contributed by atoms with Gasteiger partial charge in [-0.2, -0.15) is 0 Å². The number of aliphatic carboxylic acids is 1. The largest absolute Gasteiger partial charge is 0.489 e. The Hall–Kier alpha value is -1.85. The Kier molecular flexibility index (Phi) is 6.26. The first-order valence-electron chi connectivity index (χ1n) is 11.1. The first-order valence-corrected chi connectivity index (χ1v) is 11.1. The maximum absolute atomic E-state index is 10.9. The van der Waals surface area contributed by atoms with E-state index in [-0.39, 0.29) is 24.4 Å². The summed E-state index contributed by atoms with van der Waals surface area (Å²) >= 11 is 0. The molecule has 3 N–H and O–H groups in total. The van der Waals surface area contributed by atoms with Crippen molar-refractivity contribution in [2.75, 3.05) is 0 Å². The lowest BCUT2D eigenvalue weighted by Gasteiger charge is -2.23. The van der Waals surface area contributed by atoms with E-state index in [1.807, 2.05) is 30.4 Å². The second-order valence-electron chi connectivity index (χ2n) is 8.98. The Morgan fingerprint density at radius 3 is 2.79 bits per heavy atom. The smallest absolute Gasteiger partial charge is 0.303 e. The zero-order valence-electron chi connectivity index (χ0n) is 16.9. The molecule has 4 rings (SSSR count). The fraction of sp³-hybridized carbons (Fsp3) is 0.625. The van der Waals surface area contributed by atoms with Crippen molar-refractivity contribution < 1.29 is 24.9 Å². The molecule has 1 aromatic rings. The standard InChI is InChI=1S/C24H32O5/c25-17(13-15-5-2-1-3-6-15)10-11-18-20(26)14-21-23(18)19-8-4-7-16(24(19)29-21)9-12-22(27)28/h4,7-8,10-11,15,17-18,20-21,23,25-26H,1-3,5-6,9,12-14H2,(H,27,28)/b11-10+/t17-,18+,20-,21+,23+/m1/s1. The first kappa shape index (κ1) is 20.4. The third-order valence-corrected chi connectivity index (χ3v) is 6.95. The van der Waals surface area contributed by atoms with Crippen molar-refractivity contribution in [3.8, 4) is 5.75 Å². The molecule has 0 aromatic heterocycles. The highest BCUT2D eigenvalue weighted by Crippen LogP contribution is 2.52. The highest BCUT2D eigenvalue weighted by atomic mass is 16.5. The van der Waals surface area contributed by atoms with Crippen molar-refractivity contribution in [3.05, 3.63) is 41.5 Å². The SMILES string of the molecule is O=C(O)CCc1cccc2c1O[C@H]1C[C@@H](O)[C@H](/C=C/[C@@H](O)CC3CCCCC3)[C@@H]21. The van der Waals surface area contributed by atoms with Gasteiger partial charge in [-0.1, -0.05) is 62.5 Å². The number of fused-ring (bicyclic) bond motifs is 3. The van der Waals surface area contributed by atoms with Crippen LogP contribution >= 0.6 is 0 Å². The van der Waals surface area contributed by atoms with Gasteiger partial charge in [0.2, 0.25) is 0 Å². The van der Waals surface area contributed by atoms with E-state index in [1.54, 1.807) is 0 Å². The highest BCUT2D eigenvalue weighted by molar-refractivity contribution is 5.67. The molecule has 2 fully saturated rings. The number of carboxylic acids is 1. The van der Waals surface area contributed by atoms with Crippen LogP contribution in [0.25, 0.3) is 0 Å². The number of hydrogen-bond donors (Lipinski definition) is 3. The lowest BCUT2D eigenvalue weighted by molar-refractivity contribution is -0.136. The molecule has 5 atom stereocenters. The van der Waals surface area contributed by atoms with E-state index in [0.29, 0.717) is 18.8 Å². The fourth-order valence-electron chi connectivity index (χ4n) is 5.51. The monoisotopic (exact) mass is 400 g/mol. The average Bonchev–Trinajstić information content (AvgIpc) is 3.20. The molecular weight excluding hydrogens is 368 g/mol. The van der Waals surface area contributed by atoms with Gasteiger partial charge in [0, 0.05) is 30.2 Å². The number of carbonyl (C=O) groups is 1. The summed E-state index contributed by atoms with van der Waals surface area (Å²) < 4.78 is 6.17. The number of benzene rings is 1. The molecule has 0 saturated heterocycles. The topological polar surface area (TPSA) is 87.0 Å². The van der Waals surface area contributed by atoms with E-state index in [9.17, 15) is 15.0 Å². The predicted octanol–water partition coefficient (Wildman–Crippen LogP) is 3.82. The number of hydrogen-bond acceptors (Lipinski definition) is 4. The summed E-state index contributed by atoms with van der Waals surface area (Å²) in [6.45, 7) is 0. The molecule has 2 saturated carbocycles. The maximum Gasteiger partial charge on any atom is 0.303 e. The zero-order valence-corrected chi connectivity index (χ0v) is 16.9. The van der Waals surface area contributed by atoms with Crippen molar-refractivity contribution in [2.24, 2.45) is 11.8 Å². The number of rotatable bonds is 7. The van der Waals surface area contributed by atoms with Crippen LogP contribution in [0.1, 0.15) is 68.4 Å². The Morgan fingerprint density at radius 2 is 2.03 bits per heavy atom. The minimum absolute atomic E-state index is 0.0582. The molecule has 3 aliphatic rings. The third-order valence-electron chi connectivity index (χ3n) is 6.95. The van der Waals surface area contributed by atoms with Crippen molar-refractivity contribution in [2.45, 2.75) is 82.0 Å². The lowest BCUT2D eigenvalue weighted by atomic mass is 9.84. The first-order chi connectivity index (χ1) is 14.0. The molecule has 29 heavy (non-hydrogen) atoms. The summed E-state index contributed by atoms with van der Waals surface area (Å²) in [5, 5.41) is 30.1. The van der Waals surface area contributed by atoms with E-state index in [4.69, 9.17) is 9.84 Å². The summed E-state index contributed by atoms with van der Waals surface area (Å²) in [6.07, 6.45) is 11.0. The summed E-state index contributed by atoms with van der Waals surface area (Å²) in [4.78, 5) is 10.9. The van der Waals surface area contributed by atoms with Gasteiger partial charge in [-0.25, -0.2) is 0 Å². The Labute approximate surface area is 172 Å². The van der Waals surface area contributed by atoms with E-state index in [1.165, 1.54) is 32.1 Å². The molecular formula is C24H32O5. The van der Waals surface area contributed by atoms with Crippen LogP contribution in [0.4, 0.5) is 0 Å². The van der Waals surface area contributed by atoms with Crippen LogP contribution in [0.5, 0.6) is 5.75 Å². The summed E-state index contributed by atoms with van der Waals surface area (Å²) in [6, 6.07) is 5.91. The summed E-state index contributed by atoms with van der Waals surface area (Å²) in [5.41, 5.74) is 1.99. The van der Waals surface area contributed by atoms with Gasteiger partial charge in [-0.05, 0) is 24.3 Å². The van der Waals surface area contributed by atoms with Crippen LogP contribution in [-0.4, -0.2) is 39.6 Å². The Bertz CT molecular complexity index is 752. The van der Waals surface area contributed by atoms with Gasteiger partial charge >= 0.3 is 5.97 Å². The average molecular weight is 401 g/mol. The van der Waals surface area contributed by atoms with Crippen LogP contribution < -0.4 is 4.74 Å². The number of aliphatic hydroxyl groups excluding tert-OH is 2. The maximum atomic E-state index is 10.9. The van der Waals surface area contributed by atoms with Gasteiger partial charge in [-0.3, -0.25) is 4.79 Å². The highest BCUT2D eigenvalue weighted by Gasteiger charge is 2.48. The second kappa shape index (κ2) is 8.88. The molecule has 2 aliphatic carbocycles. The summed E-state index contributed by atoms with van der Waals surface area (Å²) in [7, 11) is 0. The number of aryl methyl sites for hydroxylation is 1. The van der Waals surface area contributed by atoms with Crippen molar-refractivity contribution >= 4 is 5.97 Å². The second-order valence-corrected chi connectivity index (χ2v) is 8.98. The number of carboxylic acid groups (broad SMARTS) is 1. The van der Waals surface area contributed by atoms with E-state index >= 15 is 0 Å². The molecule has 5 nitrogen and oxygen atoms in total. The van der Waals surface area contributed by atoms with Crippen LogP contribution in [0.3, 0.4) is 0 Å². The van der Waals surface area contributed by atoms with Gasteiger partial charge in [0.1, 0.15) is 11.9 Å². The van der Waals surface area contributed by atoms with Crippen LogP contribution in [0, 0.1) is 11.8 Å². The van der Waals surface area contributed by atoms with Crippen LogP contribution in [-0.2, 0) is 11.2 Å². The molecule has 0 bridgehead atoms. The van der Waals surface area contributed by atoms with Crippen molar-refractivity contribution in [1.82, 2.24) is 0 Å². The normalized spacial score (nSPS) is 30.1. The molecule has 1 aliphatic heterocycles. The van der Waals surface area contributed by atoms with Crippen molar-refractivity contribution in [1.29, 1.82) is 0 Å². The molecule has 158 valence electrons. The van der Waals surface area contributed by atoms with Gasteiger partial charge in [0.25, 0.3) is 0 Å². The van der Waals surface area contributed by atoms with Crippen LogP contribution in [0.2, 0.25) is 0 Å². The number of ether oxygens (including phenoxy) is 1. The minimum Gasteiger partial charge on any atom is -0.489 e. The molecule has 1 aromatic carbocycles. The fourth-order valence-corrected chi connectivity index (χ4v) is 5.51. The number of aliphatic hydroxyl groups is 2. The lowest BCUT2D eigenvalue weighted by Crippen LogP contribution is -2.18. The third kappa shape index (κ3) is 4.51. The molecule has 0 amide bonds. The molecule has 0 radical (unpaired) electrons. The van der Waals surface area contributed by atoms with E-state index in [2.05, 4.69) is 0 Å². The number of para-hydroxylation sites is 1. The molecule has 0 unspecified atom stereocenters. The zero-order chi connectivity index (χ0) is 20.4. The summed E-state index contributed by atoms with van der Waals surface area (Å²) in [5.74, 6) is 0.567. The van der Waals surface area contributed by atoms with Gasteiger partial charge in [-0.15, -0.1) is 0 Å². The van der Waals surface area contributed by atoms with Crippen molar-refractivity contribution in [3.63, 3.8) is 0 Å². The quantitative estimate of drug-likeness (QED) is 0.606. The Morgan fingerprint density at radius 1 is 1.24 bits per heavy atom. The van der Waals surface area contributed by atoms with Gasteiger partial charge in [0.05, 0.1) is 12.2 Å². The molecule has 5 heteroatoms. The molecule has 0 spiro atoms. The van der Waals surface area contributed by atoms with E-state index < -0.39 is 18.2 Å². The van der Waals surface area contributed by atoms with E-state index in [0.717, 1.165) is 23.3 Å².